The second-order valence-corrected chi connectivity index (χ2v) is 8.91. The normalized spacial score (nSPS) is 22.0. The Morgan fingerprint density at radius 2 is 1.28 bits per heavy atom. The summed E-state index contributed by atoms with van der Waals surface area (Å²) in [6.07, 6.45) is 10.4. The van der Waals surface area contributed by atoms with E-state index in [4.69, 9.17) is 0 Å². The number of anilines is 1. The van der Waals surface area contributed by atoms with E-state index in [1.165, 1.54) is 63.6 Å². The SMILES string of the molecule is CN1CC2CCc3ccccccccc3CCCCCC2Cc2ccccc21. The highest BCUT2D eigenvalue weighted by Crippen LogP contribution is 2.36. The summed E-state index contributed by atoms with van der Waals surface area (Å²) in [5, 5.41) is 0. The molecule has 0 amide bonds. The lowest BCUT2D eigenvalue weighted by Crippen LogP contribution is -2.28. The second kappa shape index (κ2) is 9.96. The van der Waals surface area contributed by atoms with Crippen LogP contribution in [-0.2, 0) is 19.3 Å². The van der Waals surface area contributed by atoms with Crippen LogP contribution in [0.4, 0.5) is 5.69 Å². The van der Waals surface area contributed by atoms with Crippen LogP contribution in [0.5, 0.6) is 0 Å². The molecule has 0 saturated carbocycles. The van der Waals surface area contributed by atoms with Gasteiger partial charge in [-0.3, -0.25) is 0 Å². The first-order valence-corrected chi connectivity index (χ1v) is 11.5. The molecule has 2 aromatic carbocycles. The third-order valence-electron chi connectivity index (χ3n) is 6.93. The van der Waals surface area contributed by atoms with Crippen molar-refractivity contribution in [1.82, 2.24) is 0 Å². The largest absolute Gasteiger partial charge is 0.374 e. The van der Waals surface area contributed by atoms with Crippen molar-refractivity contribution < 1.29 is 0 Å². The van der Waals surface area contributed by atoms with Gasteiger partial charge >= 0.3 is 0 Å². The molecule has 0 N–H and O–H groups in total. The van der Waals surface area contributed by atoms with Gasteiger partial charge in [0.25, 0.3) is 0 Å². The quantitative estimate of drug-likeness (QED) is 0.483. The first kappa shape index (κ1) is 20.0. The summed E-state index contributed by atoms with van der Waals surface area (Å²) in [6.45, 7) is 1.19. The van der Waals surface area contributed by atoms with Gasteiger partial charge < -0.3 is 4.90 Å². The van der Waals surface area contributed by atoms with Crippen molar-refractivity contribution in [1.29, 1.82) is 0 Å². The first-order valence-electron chi connectivity index (χ1n) is 11.5. The summed E-state index contributed by atoms with van der Waals surface area (Å²) in [5.41, 5.74) is 6.09. The molecule has 4 rings (SSSR count). The van der Waals surface area contributed by atoms with E-state index >= 15 is 0 Å². The van der Waals surface area contributed by atoms with Gasteiger partial charge in [0.05, 0.1) is 0 Å². The Morgan fingerprint density at radius 3 is 2.10 bits per heavy atom. The molecule has 2 aromatic rings. The van der Waals surface area contributed by atoms with Crippen molar-refractivity contribution in [2.24, 2.45) is 11.8 Å². The minimum Gasteiger partial charge on any atom is -0.374 e. The molecule has 0 spiro atoms. The van der Waals surface area contributed by atoms with Gasteiger partial charge in [0.2, 0.25) is 0 Å². The molecule has 2 unspecified atom stereocenters. The van der Waals surface area contributed by atoms with Crippen LogP contribution in [0.15, 0.2) is 72.8 Å². The van der Waals surface area contributed by atoms with Crippen molar-refractivity contribution in [2.45, 2.75) is 51.4 Å². The minimum atomic E-state index is 0.766. The molecule has 0 fully saturated rings. The summed E-state index contributed by atoms with van der Waals surface area (Å²) in [6, 6.07) is 26.8. The maximum Gasteiger partial charge on any atom is 0.0396 e. The maximum atomic E-state index is 2.52. The van der Waals surface area contributed by atoms with Gasteiger partial charge in [-0.15, -0.1) is 0 Å². The molecule has 0 aromatic heterocycles. The maximum absolute atomic E-state index is 2.52. The van der Waals surface area contributed by atoms with E-state index < -0.39 is 0 Å². The molecule has 1 nitrogen and oxygen atoms in total. The highest BCUT2D eigenvalue weighted by atomic mass is 15.1. The molecule has 1 aliphatic carbocycles. The van der Waals surface area contributed by atoms with Gasteiger partial charge in [-0.25, -0.2) is 0 Å². The molecule has 2 atom stereocenters. The summed E-state index contributed by atoms with van der Waals surface area (Å²) >= 11 is 0. The van der Waals surface area contributed by atoms with Crippen molar-refractivity contribution in [3.8, 4) is 0 Å². The highest BCUT2D eigenvalue weighted by molar-refractivity contribution is 5.54. The Bertz CT molecular complexity index is 854. The van der Waals surface area contributed by atoms with Crippen molar-refractivity contribution in [2.75, 3.05) is 18.5 Å². The summed E-state index contributed by atoms with van der Waals surface area (Å²) in [4.78, 5) is 2.52. The Labute approximate surface area is 177 Å². The van der Waals surface area contributed by atoms with Crippen molar-refractivity contribution in [3.05, 3.63) is 89.5 Å². The molecule has 152 valence electrons. The summed E-state index contributed by atoms with van der Waals surface area (Å²) in [5.74, 6) is 1.58. The molecular formula is C28H35N. The number of rotatable bonds is 0. The fraction of sp³-hybridized carbons (Fsp3) is 0.429. The van der Waals surface area contributed by atoms with E-state index in [0.717, 1.165) is 11.8 Å². The van der Waals surface area contributed by atoms with Crippen LogP contribution in [0.25, 0.3) is 0 Å². The molecule has 1 aliphatic heterocycles. The molecular weight excluding hydrogens is 350 g/mol. The van der Waals surface area contributed by atoms with Gasteiger partial charge in [0.1, 0.15) is 0 Å². The lowest BCUT2D eigenvalue weighted by Gasteiger charge is -2.28. The number of hydrogen-bond acceptors (Lipinski definition) is 1. The van der Waals surface area contributed by atoms with Gasteiger partial charge in [-0.1, -0.05) is 79.6 Å². The number of hydrogen-bond donors (Lipinski definition) is 0. The van der Waals surface area contributed by atoms with Crippen molar-refractivity contribution >= 4 is 5.69 Å². The van der Waals surface area contributed by atoms with Gasteiger partial charge in [0.15, 0.2) is 0 Å². The second-order valence-electron chi connectivity index (χ2n) is 8.91. The molecule has 0 radical (unpaired) electrons. The topological polar surface area (TPSA) is 3.24 Å². The lowest BCUT2D eigenvalue weighted by atomic mass is 9.81. The first-order chi connectivity index (χ1) is 14.3. The van der Waals surface area contributed by atoms with Crippen LogP contribution in [0.2, 0.25) is 0 Å². The Kier molecular flexibility index (Phi) is 6.87. The smallest absolute Gasteiger partial charge is 0.0396 e. The summed E-state index contributed by atoms with van der Waals surface area (Å²) < 4.78 is 0. The van der Waals surface area contributed by atoms with Gasteiger partial charge in [-0.2, -0.15) is 0 Å². The van der Waals surface area contributed by atoms with E-state index in [1.807, 2.05) is 0 Å². The monoisotopic (exact) mass is 385 g/mol. The lowest BCUT2D eigenvalue weighted by molar-refractivity contribution is 0.296. The zero-order valence-electron chi connectivity index (χ0n) is 17.9. The number of nitrogens with zero attached hydrogens (tertiary/aromatic N) is 1. The van der Waals surface area contributed by atoms with Crippen LogP contribution < -0.4 is 4.90 Å². The molecule has 2 aliphatic rings. The number of benzene rings is 1. The van der Waals surface area contributed by atoms with E-state index in [-0.39, 0.29) is 0 Å². The average molecular weight is 386 g/mol. The van der Waals surface area contributed by atoms with E-state index in [1.54, 1.807) is 16.7 Å². The molecule has 1 heteroatoms. The van der Waals surface area contributed by atoms with Crippen LogP contribution in [0.1, 0.15) is 48.8 Å². The average Bonchev–Trinajstić information content (AvgIpc) is 2.88. The van der Waals surface area contributed by atoms with Crippen LogP contribution in [0.3, 0.4) is 0 Å². The molecule has 0 saturated heterocycles. The number of fused-ring (bicyclic) bond motifs is 3. The van der Waals surface area contributed by atoms with Gasteiger partial charge in [-0.05, 0) is 73.1 Å². The predicted octanol–water partition coefficient (Wildman–Crippen LogP) is 6.79. The third-order valence-corrected chi connectivity index (χ3v) is 6.93. The standard InChI is InChI=1S/C28H35N/c1-29-22-27-20-19-24-15-8-5-3-2-4-7-13-23(24)14-9-6-10-16-25(27)21-26-17-11-12-18-28(26)29/h2-5,7-8,11-13,15,17-18,25,27H,6,9-10,14,16,19-22H2,1H3. The minimum absolute atomic E-state index is 0.766. The zero-order chi connectivity index (χ0) is 19.9. The van der Waals surface area contributed by atoms with Crippen molar-refractivity contribution in [3.63, 3.8) is 0 Å². The molecule has 29 heavy (non-hydrogen) atoms. The van der Waals surface area contributed by atoms with Crippen LogP contribution in [-0.4, -0.2) is 13.6 Å². The zero-order valence-corrected chi connectivity index (χ0v) is 17.9. The molecule has 0 bridgehead atoms. The Hall–Kier alpha value is -2.28. The fourth-order valence-electron chi connectivity index (χ4n) is 5.31. The highest BCUT2D eigenvalue weighted by Gasteiger charge is 2.28. The van der Waals surface area contributed by atoms with E-state index in [2.05, 4.69) is 84.7 Å². The predicted molar refractivity (Wildman–Crippen MR) is 125 cm³/mol. The molecule has 1 heterocycles. The fourth-order valence-corrected chi connectivity index (χ4v) is 5.31. The number of para-hydroxylation sites is 1. The summed E-state index contributed by atoms with van der Waals surface area (Å²) in [7, 11) is 2.29. The Morgan fingerprint density at radius 1 is 0.621 bits per heavy atom. The number of aryl methyl sites for hydroxylation is 2. The van der Waals surface area contributed by atoms with E-state index in [9.17, 15) is 0 Å². The van der Waals surface area contributed by atoms with E-state index in [0.29, 0.717) is 0 Å². The van der Waals surface area contributed by atoms with Gasteiger partial charge in [0, 0.05) is 19.3 Å². The third kappa shape index (κ3) is 5.21. The van der Waals surface area contributed by atoms with Crippen LogP contribution in [0, 0.1) is 11.8 Å². The van der Waals surface area contributed by atoms with Crippen LogP contribution >= 0.6 is 0 Å². The Balaban J connectivity index is 1.64.